The number of para-hydroxylation sites is 1. The summed E-state index contributed by atoms with van der Waals surface area (Å²) < 4.78 is 13.1. The highest BCUT2D eigenvalue weighted by Gasteiger charge is 2.13. The zero-order valence-electron chi connectivity index (χ0n) is 15.6. The van der Waals surface area contributed by atoms with Crippen molar-refractivity contribution in [2.24, 2.45) is 0 Å². The number of anilines is 1. The highest BCUT2D eigenvalue weighted by Crippen LogP contribution is 2.31. The van der Waals surface area contributed by atoms with Crippen LogP contribution in [0.5, 0.6) is 0 Å². The number of fused-ring (bicyclic) bond motifs is 1. The number of nitrogens with one attached hydrogen (secondary N) is 2. The first-order valence-corrected chi connectivity index (χ1v) is 10.9. The maximum atomic E-state index is 13.1. The van der Waals surface area contributed by atoms with Gasteiger partial charge >= 0.3 is 0 Å². The number of rotatable bonds is 5. The zero-order chi connectivity index (χ0) is 20.5. The normalized spacial score (nSPS) is 11.1. The standard InChI is InChI=1S/C22H15FN4OS2/c23-14-7-5-13(6-8-14)21-25-15(11-29-21)9-20(28)27-22-26-19(12-30-22)17-10-24-18-4-2-1-3-16(17)18/h1-8,10-12,24H,9H2,(H,26,27,28). The van der Waals surface area contributed by atoms with E-state index in [1.807, 2.05) is 41.2 Å². The maximum absolute atomic E-state index is 13.1. The third kappa shape index (κ3) is 3.74. The SMILES string of the molecule is O=C(Cc1csc(-c2ccc(F)cc2)n1)Nc1nc(-c2c[nH]c3ccccc23)cs1. The number of amides is 1. The van der Waals surface area contributed by atoms with Crippen LogP contribution in [0.25, 0.3) is 32.7 Å². The Morgan fingerprint density at radius 3 is 2.73 bits per heavy atom. The molecule has 0 fully saturated rings. The molecule has 0 bridgehead atoms. The highest BCUT2D eigenvalue weighted by atomic mass is 32.1. The molecule has 8 heteroatoms. The van der Waals surface area contributed by atoms with Gasteiger partial charge in [0.05, 0.1) is 17.8 Å². The number of aromatic nitrogens is 3. The Hall–Kier alpha value is -3.36. The van der Waals surface area contributed by atoms with Crippen molar-refractivity contribution in [1.29, 1.82) is 0 Å². The molecule has 0 aliphatic carbocycles. The van der Waals surface area contributed by atoms with Crippen LogP contribution in [-0.4, -0.2) is 20.9 Å². The maximum Gasteiger partial charge on any atom is 0.232 e. The molecular formula is C22H15FN4OS2. The van der Waals surface area contributed by atoms with Crippen LogP contribution in [0.1, 0.15) is 5.69 Å². The second kappa shape index (κ2) is 7.81. The summed E-state index contributed by atoms with van der Waals surface area (Å²) in [7, 11) is 0. The third-order valence-corrected chi connectivity index (χ3v) is 6.30. The van der Waals surface area contributed by atoms with Gasteiger partial charge in [0.15, 0.2) is 5.13 Å². The molecule has 0 unspecified atom stereocenters. The molecule has 0 aliphatic heterocycles. The number of benzene rings is 2. The lowest BCUT2D eigenvalue weighted by Gasteiger charge is -1.99. The minimum absolute atomic E-state index is 0.152. The van der Waals surface area contributed by atoms with Crippen molar-refractivity contribution in [3.8, 4) is 21.8 Å². The molecule has 0 radical (unpaired) electrons. The Morgan fingerprint density at radius 2 is 1.87 bits per heavy atom. The number of H-pyrrole nitrogens is 1. The van der Waals surface area contributed by atoms with Gasteiger partial charge in [-0.15, -0.1) is 22.7 Å². The molecule has 3 aromatic heterocycles. The summed E-state index contributed by atoms with van der Waals surface area (Å²) in [5.74, 6) is -0.462. The lowest BCUT2D eigenvalue weighted by molar-refractivity contribution is -0.115. The summed E-state index contributed by atoms with van der Waals surface area (Å²) in [6.45, 7) is 0. The number of halogens is 1. The van der Waals surface area contributed by atoms with E-state index < -0.39 is 0 Å². The Balaban J connectivity index is 1.27. The summed E-state index contributed by atoms with van der Waals surface area (Å²) in [5, 5.41) is 9.03. The van der Waals surface area contributed by atoms with Crippen molar-refractivity contribution >= 4 is 44.6 Å². The fraction of sp³-hybridized carbons (Fsp3) is 0.0455. The fourth-order valence-electron chi connectivity index (χ4n) is 3.18. The number of carbonyl (C=O) groups is 1. The van der Waals surface area contributed by atoms with Crippen LogP contribution in [0.4, 0.5) is 9.52 Å². The lowest BCUT2D eigenvalue weighted by atomic mass is 10.1. The number of nitrogens with zero attached hydrogens (tertiary/aromatic N) is 2. The van der Waals surface area contributed by atoms with E-state index in [-0.39, 0.29) is 18.1 Å². The molecule has 0 atom stereocenters. The molecule has 2 N–H and O–H groups in total. The second-order valence-corrected chi connectivity index (χ2v) is 8.38. The largest absolute Gasteiger partial charge is 0.360 e. The van der Waals surface area contributed by atoms with Gasteiger partial charge in [0.2, 0.25) is 5.91 Å². The molecule has 5 nitrogen and oxygen atoms in total. The molecule has 148 valence electrons. The van der Waals surface area contributed by atoms with Crippen LogP contribution < -0.4 is 5.32 Å². The van der Waals surface area contributed by atoms with Gasteiger partial charge in [0.25, 0.3) is 0 Å². The molecule has 0 spiro atoms. The van der Waals surface area contributed by atoms with Crippen molar-refractivity contribution in [3.05, 3.63) is 77.0 Å². The van der Waals surface area contributed by atoms with Gasteiger partial charge in [-0.1, -0.05) is 18.2 Å². The first-order chi connectivity index (χ1) is 14.7. The summed E-state index contributed by atoms with van der Waals surface area (Å²) in [5.41, 5.74) is 4.37. The van der Waals surface area contributed by atoms with Crippen LogP contribution in [-0.2, 0) is 11.2 Å². The Bertz CT molecular complexity index is 1340. The number of hydrogen-bond acceptors (Lipinski definition) is 5. The fourth-order valence-corrected chi connectivity index (χ4v) is 4.73. The minimum Gasteiger partial charge on any atom is -0.360 e. The van der Waals surface area contributed by atoms with Gasteiger partial charge in [-0.3, -0.25) is 4.79 Å². The Kier molecular flexibility index (Phi) is 4.86. The van der Waals surface area contributed by atoms with Crippen LogP contribution in [0.3, 0.4) is 0 Å². The predicted molar refractivity (Wildman–Crippen MR) is 119 cm³/mol. The van der Waals surface area contributed by atoms with E-state index >= 15 is 0 Å². The smallest absolute Gasteiger partial charge is 0.232 e. The van der Waals surface area contributed by atoms with Crippen LogP contribution in [0.2, 0.25) is 0 Å². The van der Waals surface area contributed by atoms with Gasteiger partial charge in [-0.05, 0) is 30.3 Å². The van der Waals surface area contributed by atoms with Gasteiger partial charge in [-0.2, -0.15) is 0 Å². The minimum atomic E-state index is -0.287. The first-order valence-electron chi connectivity index (χ1n) is 9.18. The molecular weight excluding hydrogens is 419 g/mol. The van der Waals surface area contributed by atoms with Gasteiger partial charge in [0.1, 0.15) is 10.8 Å². The van der Waals surface area contributed by atoms with Crippen LogP contribution in [0.15, 0.2) is 65.5 Å². The van der Waals surface area contributed by atoms with E-state index in [9.17, 15) is 9.18 Å². The quantitative estimate of drug-likeness (QED) is 0.371. The summed E-state index contributed by atoms with van der Waals surface area (Å²) in [4.78, 5) is 24.7. The average molecular weight is 435 g/mol. The molecule has 30 heavy (non-hydrogen) atoms. The van der Waals surface area contributed by atoms with Crippen molar-refractivity contribution in [3.63, 3.8) is 0 Å². The summed E-state index contributed by atoms with van der Waals surface area (Å²) >= 11 is 2.82. The van der Waals surface area contributed by atoms with Crippen LogP contribution >= 0.6 is 22.7 Å². The summed E-state index contributed by atoms with van der Waals surface area (Å²) in [6.07, 6.45) is 2.08. The summed E-state index contributed by atoms with van der Waals surface area (Å²) in [6, 6.07) is 14.2. The van der Waals surface area contributed by atoms with Crippen LogP contribution in [0, 0.1) is 5.82 Å². The van der Waals surface area contributed by atoms with E-state index in [1.54, 1.807) is 12.1 Å². The van der Waals surface area contributed by atoms with Gasteiger partial charge in [-0.25, -0.2) is 14.4 Å². The molecule has 0 saturated heterocycles. The van der Waals surface area contributed by atoms with Gasteiger partial charge < -0.3 is 10.3 Å². The molecule has 0 aliphatic rings. The second-order valence-electron chi connectivity index (χ2n) is 6.66. The highest BCUT2D eigenvalue weighted by molar-refractivity contribution is 7.14. The lowest BCUT2D eigenvalue weighted by Crippen LogP contribution is -2.14. The molecule has 2 aromatic carbocycles. The Morgan fingerprint density at radius 1 is 1.03 bits per heavy atom. The first kappa shape index (κ1) is 18.7. The molecule has 5 rings (SSSR count). The number of aromatic amines is 1. The topological polar surface area (TPSA) is 70.7 Å². The van der Waals surface area contributed by atoms with E-state index in [1.165, 1.54) is 34.8 Å². The molecule has 3 heterocycles. The number of hydrogen-bond donors (Lipinski definition) is 2. The van der Waals surface area contributed by atoms with Crippen molar-refractivity contribution in [2.45, 2.75) is 6.42 Å². The number of thiazole rings is 2. The zero-order valence-corrected chi connectivity index (χ0v) is 17.2. The molecule has 1 amide bonds. The number of carbonyl (C=O) groups excluding carboxylic acids is 1. The van der Waals surface area contributed by atoms with E-state index in [2.05, 4.69) is 20.3 Å². The van der Waals surface area contributed by atoms with E-state index in [0.29, 0.717) is 10.8 Å². The predicted octanol–water partition coefficient (Wildman–Crippen LogP) is 5.74. The molecule has 0 saturated carbocycles. The average Bonchev–Trinajstić information content (AvgIpc) is 3.48. The van der Waals surface area contributed by atoms with Crippen molar-refractivity contribution in [2.75, 3.05) is 5.32 Å². The molecule has 5 aromatic rings. The monoisotopic (exact) mass is 434 g/mol. The van der Waals surface area contributed by atoms with Crippen molar-refractivity contribution in [1.82, 2.24) is 15.0 Å². The van der Waals surface area contributed by atoms with E-state index in [0.717, 1.165) is 32.7 Å². The van der Waals surface area contributed by atoms with E-state index in [4.69, 9.17) is 0 Å². The Labute approximate surface area is 179 Å². The van der Waals surface area contributed by atoms with Crippen molar-refractivity contribution < 1.29 is 9.18 Å². The van der Waals surface area contributed by atoms with Gasteiger partial charge in [0, 0.05) is 39.0 Å². The third-order valence-electron chi connectivity index (χ3n) is 4.60.